The molecule has 0 rings (SSSR count). The van der Waals surface area contributed by atoms with E-state index in [9.17, 15) is 4.79 Å². The maximum atomic E-state index is 12.0. The highest BCUT2D eigenvalue weighted by Gasteiger charge is 2.29. The van der Waals surface area contributed by atoms with Crippen LogP contribution in [0.2, 0.25) is 39.3 Å². The van der Waals surface area contributed by atoms with Crippen LogP contribution in [0.5, 0.6) is 0 Å². The summed E-state index contributed by atoms with van der Waals surface area (Å²) in [5.41, 5.74) is 0. The fourth-order valence-electron chi connectivity index (χ4n) is 1.26. The van der Waals surface area contributed by atoms with Crippen molar-refractivity contribution in [2.45, 2.75) is 53.1 Å². The van der Waals surface area contributed by atoms with E-state index in [2.05, 4.69) is 19.6 Å². The molecule has 0 aromatic rings. The summed E-state index contributed by atoms with van der Waals surface area (Å²) >= 11 is 0. The van der Waals surface area contributed by atoms with Gasteiger partial charge in [-0.15, -0.1) is 0 Å². The maximum Gasteiger partial charge on any atom is 0.302 e. The fraction of sp³-hybridized carbons (Fsp3) is 0.750. The van der Waals surface area contributed by atoms with Crippen LogP contribution in [-0.2, 0) is 13.6 Å². The predicted molar refractivity (Wildman–Crippen MR) is 76.8 cm³/mol. The van der Waals surface area contributed by atoms with Crippen LogP contribution in [0.1, 0.15) is 13.8 Å². The van der Waals surface area contributed by atoms with E-state index in [1.807, 2.05) is 39.6 Å². The molecule has 0 aliphatic heterocycles. The summed E-state index contributed by atoms with van der Waals surface area (Å²) in [5, 5.41) is 0. The highest BCUT2D eigenvalue weighted by Crippen LogP contribution is 2.20. The van der Waals surface area contributed by atoms with Crippen molar-refractivity contribution in [3.05, 3.63) is 11.8 Å². The molecule has 0 amide bonds. The molecular weight excluding hydrogens is 248 g/mol. The van der Waals surface area contributed by atoms with E-state index in [4.69, 9.17) is 8.85 Å². The van der Waals surface area contributed by atoms with Crippen molar-refractivity contribution < 1.29 is 13.6 Å². The normalized spacial score (nSPS) is 15.4. The van der Waals surface area contributed by atoms with Gasteiger partial charge in [-0.1, -0.05) is 6.08 Å². The van der Waals surface area contributed by atoms with Gasteiger partial charge < -0.3 is 8.85 Å². The predicted octanol–water partition coefficient (Wildman–Crippen LogP) is 3.76. The molecule has 0 aromatic carbocycles. The molecule has 0 aliphatic carbocycles. The second-order valence-electron chi connectivity index (χ2n) is 6.16. The number of carbonyl (C=O) groups is 1. The summed E-state index contributed by atoms with van der Waals surface area (Å²) in [6, 6.07) is 0. The molecule has 0 bridgehead atoms. The molecule has 0 spiro atoms. The van der Waals surface area contributed by atoms with Gasteiger partial charge in [0.25, 0.3) is 0 Å². The fourth-order valence-corrected chi connectivity index (χ4v) is 3.04. The van der Waals surface area contributed by atoms with Crippen LogP contribution < -0.4 is 0 Å². The molecule has 0 fully saturated rings. The van der Waals surface area contributed by atoms with E-state index in [1.54, 1.807) is 0 Å². The van der Waals surface area contributed by atoms with Crippen molar-refractivity contribution in [2.24, 2.45) is 5.92 Å². The first-order chi connectivity index (χ1) is 7.46. The van der Waals surface area contributed by atoms with Crippen LogP contribution in [0.15, 0.2) is 11.8 Å². The molecule has 0 saturated heterocycles. The highest BCUT2D eigenvalue weighted by atomic mass is 28.4. The maximum absolute atomic E-state index is 12.0. The molecule has 0 aliphatic rings. The van der Waals surface area contributed by atoms with Gasteiger partial charge in [-0.05, 0) is 53.1 Å². The van der Waals surface area contributed by atoms with Crippen LogP contribution in [0.4, 0.5) is 0 Å². The van der Waals surface area contributed by atoms with Gasteiger partial charge in [0, 0.05) is 0 Å². The van der Waals surface area contributed by atoms with Gasteiger partial charge in [0.05, 0.1) is 5.76 Å². The number of hydrogen-bond acceptors (Lipinski definition) is 3. The van der Waals surface area contributed by atoms with Crippen LogP contribution >= 0.6 is 0 Å². The van der Waals surface area contributed by atoms with E-state index in [1.165, 1.54) is 0 Å². The van der Waals surface area contributed by atoms with Crippen LogP contribution in [0, 0.1) is 5.92 Å². The summed E-state index contributed by atoms with van der Waals surface area (Å²) < 4.78 is 11.4. The Morgan fingerprint density at radius 1 is 1.00 bits per heavy atom. The van der Waals surface area contributed by atoms with Gasteiger partial charge in [0.1, 0.15) is 5.92 Å². The van der Waals surface area contributed by atoms with Gasteiger partial charge in [0.2, 0.25) is 16.6 Å². The van der Waals surface area contributed by atoms with Gasteiger partial charge in [-0.3, -0.25) is 4.79 Å². The lowest BCUT2D eigenvalue weighted by Gasteiger charge is -2.27. The third-order valence-electron chi connectivity index (χ3n) is 1.90. The molecule has 1 unspecified atom stereocenters. The molecular formula is C12H26O3Si2. The van der Waals surface area contributed by atoms with E-state index in [0.29, 0.717) is 0 Å². The molecule has 0 N–H and O–H groups in total. The summed E-state index contributed by atoms with van der Waals surface area (Å²) in [6.07, 6.45) is 1.87. The lowest BCUT2D eigenvalue weighted by molar-refractivity contribution is -0.138. The SMILES string of the molecule is C/C=C(\O[Si](C)(C)C)C(C)C(=O)O[Si](C)(C)C. The smallest absolute Gasteiger partial charge is 0.302 e. The van der Waals surface area contributed by atoms with Crippen LogP contribution in [0.25, 0.3) is 0 Å². The average Bonchev–Trinajstić information content (AvgIpc) is 2.08. The standard InChI is InChI=1S/C12H26O3Si2/c1-9-11(14-16(3,4)5)10(2)12(13)15-17(6,7)8/h9-10H,1-8H3/b11-9-. The van der Waals surface area contributed by atoms with Crippen molar-refractivity contribution in [3.63, 3.8) is 0 Å². The van der Waals surface area contributed by atoms with Gasteiger partial charge >= 0.3 is 5.97 Å². The second kappa shape index (κ2) is 5.86. The lowest BCUT2D eigenvalue weighted by atomic mass is 10.1. The minimum Gasteiger partial charge on any atom is -0.547 e. The summed E-state index contributed by atoms with van der Waals surface area (Å²) in [7, 11) is -3.49. The van der Waals surface area contributed by atoms with Crippen molar-refractivity contribution in [1.29, 1.82) is 0 Å². The van der Waals surface area contributed by atoms with Gasteiger partial charge in [-0.2, -0.15) is 0 Å². The average molecular weight is 275 g/mol. The van der Waals surface area contributed by atoms with E-state index in [0.717, 1.165) is 5.76 Å². The first kappa shape index (κ1) is 16.4. The summed E-state index contributed by atoms with van der Waals surface area (Å²) in [4.78, 5) is 12.0. The molecule has 0 saturated carbocycles. The van der Waals surface area contributed by atoms with E-state index >= 15 is 0 Å². The minimum atomic E-state index is -1.82. The van der Waals surface area contributed by atoms with Crippen LogP contribution in [0.3, 0.4) is 0 Å². The molecule has 100 valence electrons. The molecule has 5 heteroatoms. The summed E-state index contributed by atoms with van der Waals surface area (Å²) in [6.45, 7) is 16.1. The Bertz CT molecular complexity index is 298. The van der Waals surface area contributed by atoms with E-state index in [-0.39, 0.29) is 11.9 Å². The Morgan fingerprint density at radius 3 is 1.71 bits per heavy atom. The highest BCUT2D eigenvalue weighted by molar-refractivity contribution is 6.71. The summed E-state index contributed by atoms with van der Waals surface area (Å²) in [5.74, 6) is 0.265. The number of carbonyl (C=O) groups excluding carboxylic acids is 1. The zero-order chi connectivity index (χ0) is 13.9. The number of allylic oxidation sites excluding steroid dienone is 1. The Labute approximate surface area is 107 Å². The van der Waals surface area contributed by atoms with Crippen molar-refractivity contribution in [1.82, 2.24) is 0 Å². The first-order valence-electron chi connectivity index (χ1n) is 6.04. The lowest BCUT2D eigenvalue weighted by Crippen LogP contribution is -2.34. The molecule has 1 atom stereocenters. The second-order valence-corrected chi connectivity index (χ2v) is 15.0. The Balaban J connectivity index is 4.67. The minimum absolute atomic E-state index is 0.171. The monoisotopic (exact) mass is 274 g/mol. The zero-order valence-electron chi connectivity index (χ0n) is 12.4. The molecule has 17 heavy (non-hydrogen) atoms. The van der Waals surface area contributed by atoms with Crippen molar-refractivity contribution >= 4 is 22.6 Å². The molecule has 0 heterocycles. The number of rotatable bonds is 5. The Morgan fingerprint density at radius 2 is 1.41 bits per heavy atom. The van der Waals surface area contributed by atoms with Gasteiger partial charge in [0.15, 0.2) is 0 Å². The number of hydrogen-bond donors (Lipinski definition) is 0. The Kier molecular flexibility index (Phi) is 5.67. The zero-order valence-corrected chi connectivity index (χ0v) is 14.4. The third kappa shape index (κ3) is 7.38. The largest absolute Gasteiger partial charge is 0.547 e. The third-order valence-corrected chi connectivity index (χ3v) is 3.56. The topological polar surface area (TPSA) is 35.5 Å². The van der Waals surface area contributed by atoms with Gasteiger partial charge in [-0.25, -0.2) is 0 Å². The van der Waals surface area contributed by atoms with Crippen molar-refractivity contribution in [2.75, 3.05) is 0 Å². The Hall–Kier alpha value is -0.556. The molecule has 3 nitrogen and oxygen atoms in total. The first-order valence-corrected chi connectivity index (χ1v) is 12.9. The van der Waals surface area contributed by atoms with E-state index < -0.39 is 16.6 Å². The van der Waals surface area contributed by atoms with Crippen LogP contribution in [-0.4, -0.2) is 22.6 Å². The molecule has 0 radical (unpaired) electrons. The van der Waals surface area contributed by atoms with Crippen molar-refractivity contribution in [3.8, 4) is 0 Å². The quantitative estimate of drug-likeness (QED) is 0.566. The molecule has 0 aromatic heterocycles.